The summed E-state index contributed by atoms with van der Waals surface area (Å²) in [5, 5.41) is 12.9. The molecule has 168 valence electrons. The zero-order valence-corrected chi connectivity index (χ0v) is 19.7. The first-order valence-corrected chi connectivity index (χ1v) is 12.2. The summed E-state index contributed by atoms with van der Waals surface area (Å²) in [5.74, 6) is 2.25. The highest BCUT2D eigenvalue weighted by Crippen LogP contribution is 2.32. The number of ether oxygens (including phenoxy) is 1. The fourth-order valence-electron chi connectivity index (χ4n) is 4.16. The Balaban J connectivity index is 1.67. The molecule has 0 saturated heterocycles. The van der Waals surface area contributed by atoms with Gasteiger partial charge in [0.2, 0.25) is 5.91 Å². The first-order valence-electron chi connectivity index (χ1n) is 11.2. The van der Waals surface area contributed by atoms with Gasteiger partial charge in [0, 0.05) is 11.6 Å². The van der Waals surface area contributed by atoms with Crippen LogP contribution in [0.3, 0.4) is 0 Å². The Morgan fingerprint density at radius 1 is 1.12 bits per heavy atom. The number of amides is 1. The predicted molar refractivity (Wildman–Crippen MR) is 129 cm³/mol. The average molecular weight is 451 g/mol. The van der Waals surface area contributed by atoms with Crippen LogP contribution in [0, 0.1) is 0 Å². The average Bonchev–Trinajstić information content (AvgIpc) is 3.47. The van der Waals surface area contributed by atoms with Gasteiger partial charge in [0.1, 0.15) is 5.75 Å². The molecule has 1 saturated carbocycles. The second kappa shape index (κ2) is 10.2. The lowest BCUT2D eigenvalue weighted by Gasteiger charge is -2.17. The van der Waals surface area contributed by atoms with Gasteiger partial charge in [0.15, 0.2) is 11.0 Å². The third kappa shape index (κ3) is 4.99. The molecule has 1 aromatic heterocycles. The largest absolute Gasteiger partial charge is 0.497 e. The normalized spacial score (nSPS) is 14.1. The molecule has 0 atom stereocenters. The summed E-state index contributed by atoms with van der Waals surface area (Å²) >= 11 is 1.43. The monoisotopic (exact) mass is 450 g/mol. The maximum atomic E-state index is 12.5. The Labute approximate surface area is 193 Å². The van der Waals surface area contributed by atoms with Gasteiger partial charge >= 0.3 is 0 Å². The highest BCUT2D eigenvalue weighted by atomic mass is 32.2. The number of nitrogens with one attached hydrogen (secondary N) is 1. The number of nitrogens with zero attached hydrogens (tertiary/aromatic N) is 3. The van der Waals surface area contributed by atoms with Crippen molar-refractivity contribution in [1.82, 2.24) is 20.1 Å². The molecule has 4 rings (SSSR count). The van der Waals surface area contributed by atoms with Gasteiger partial charge in [-0.15, -0.1) is 10.2 Å². The maximum Gasteiger partial charge on any atom is 0.230 e. The van der Waals surface area contributed by atoms with E-state index in [2.05, 4.69) is 52.1 Å². The van der Waals surface area contributed by atoms with E-state index in [0.29, 0.717) is 22.9 Å². The van der Waals surface area contributed by atoms with E-state index in [9.17, 15) is 4.79 Å². The van der Waals surface area contributed by atoms with E-state index >= 15 is 0 Å². The van der Waals surface area contributed by atoms with Gasteiger partial charge in [-0.3, -0.25) is 9.36 Å². The Morgan fingerprint density at radius 2 is 1.84 bits per heavy atom. The van der Waals surface area contributed by atoms with Crippen molar-refractivity contribution in [2.24, 2.45) is 0 Å². The van der Waals surface area contributed by atoms with Crippen LogP contribution < -0.4 is 10.1 Å². The summed E-state index contributed by atoms with van der Waals surface area (Å²) in [6.45, 7) is 4.36. The van der Waals surface area contributed by atoms with Gasteiger partial charge in [0.05, 0.1) is 18.6 Å². The van der Waals surface area contributed by atoms with E-state index in [4.69, 9.17) is 4.74 Å². The van der Waals surface area contributed by atoms with Crippen molar-refractivity contribution in [3.8, 4) is 22.8 Å². The molecule has 1 heterocycles. The van der Waals surface area contributed by atoms with E-state index in [1.165, 1.54) is 30.2 Å². The smallest absolute Gasteiger partial charge is 0.230 e. The van der Waals surface area contributed by atoms with Crippen LogP contribution in [-0.2, 0) is 4.79 Å². The second-order valence-electron chi connectivity index (χ2n) is 8.42. The molecule has 0 spiro atoms. The summed E-state index contributed by atoms with van der Waals surface area (Å²) in [4.78, 5) is 12.5. The van der Waals surface area contributed by atoms with Crippen LogP contribution in [-0.4, -0.2) is 39.6 Å². The van der Waals surface area contributed by atoms with Crippen LogP contribution in [0.5, 0.6) is 5.75 Å². The number of hydrogen-bond donors (Lipinski definition) is 1. The van der Waals surface area contributed by atoms with Crippen LogP contribution in [0.15, 0.2) is 53.7 Å². The molecule has 32 heavy (non-hydrogen) atoms. The quantitative estimate of drug-likeness (QED) is 0.477. The number of aromatic nitrogens is 3. The number of para-hydroxylation sites is 1. The van der Waals surface area contributed by atoms with Crippen LogP contribution in [0.25, 0.3) is 17.1 Å². The zero-order chi connectivity index (χ0) is 22.5. The molecule has 0 aliphatic heterocycles. The van der Waals surface area contributed by atoms with Gasteiger partial charge in [-0.05, 0) is 54.7 Å². The summed E-state index contributed by atoms with van der Waals surface area (Å²) in [6, 6.07) is 16.4. The van der Waals surface area contributed by atoms with Crippen LogP contribution >= 0.6 is 11.8 Å². The van der Waals surface area contributed by atoms with Crippen molar-refractivity contribution in [1.29, 1.82) is 0 Å². The molecule has 1 aliphatic rings. The maximum absolute atomic E-state index is 12.5. The zero-order valence-electron chi connectivity index (χ0n) is 18.9. The Morgan fingerprint density at radius 3 is 2.53 bits per heavy atom. The molecule has 6 nitrogen and oxygen atoms in total. The third-order valence-corrected chi connectivity index (χ3v) is 6.76. The molecule has 0 radical (unpaired) electrons. The van der Waals surface area contributed by atoms with Crippen LogP contribution in [0.4, 0.5) is 0 Å². The molecule has 3 aromatic rings. The predicted octanol–water partition coefficient (Wildman–Crippen LogP) is 5.22. The minimum Gasteiger partial charge on any atom is -0.497 e. The fourth-order valence-corrected chi connectivity index (χ4v) is 4.91. The van der Waals surface area contributed by atoms with E-state index in [1.807, 2.05) is 30.3 Å². The summed E-state index contributed by atoms with van der Waals surface area (Å²) in [7, 11) is 1.65. The Kier molecular flexibility index (Phi) is 7.15. The molecule has 0 unspecified atom stereocenters. The van der Waals surface area contributed by atoms with Crippen LogP contribution in [0.1, 0.15) is 51.0 Å². The molecule has 2 aromatic carbocycles. The summed E-state index contributed by atoms with van der Waals surface area (Å²) in [6.07, 6.45) is 4.55. The molecular formula is C25H30N4O2S. The van der Waals surface area contributed by atoms with Gasteiger partial charge in [0.25, 0.3) is 0 Å². The summed E-state index contributed by atoms with van der Waals surface area (Å²) in [5.41, 5.74) is 3.19. The van der Waals surface area contributed by atoms with Crippen molar-refractivity contribution in [3.05, 3.63) is 54.1 Å². The minimum absolute atomic E-state index is 0.0552. The fraction of sp³-hybridized carbons (Fsp3) is 0.400. The second-order valence-corrected chi connectivity index (χ2v) is 9.36. The molecule has 0 bridgehead atoms. The Hall–Kier alpha value is -2.80. The first-order chi connectivity index (χ1) is 15.6. The highest BCUT2D eigenvalue weighted by molar-refractivity contribution is 7.99. The Bertz CT molecular complexity index is 1060. The van der Waals surface area contributed by atoms with E-state index in [1.54, 1.807) is 7.11 Å². The van der Waals surface area contributed by atoms with Gasteiger partial charge in [-0.2, -0.15) is 0 Å². The molecule has 1 fully saturated rings. The molecule has 7 heteroatoms. The first kappa shape index (κ1) is 22.4. The van der Waals surface area contributed by atoms with Crippen molar-refractivity contribution in [3.63, 3.8) is 0 Å². The molecule has 1 N–H and O–H groups in total. The number of benzene rings is 2. The third-order valence-electron chi connectivity index (χ3n) is 5.83. The lowest BCUT2D eigenvalue weighted by molar-refractivity contribution is -0.119. The van der Waals surface area contributed by atoms with Crippen molar-refractivity contribution < 1.29 is 9.53 Å². The number of hydrogen-bond acceptors (Lipinski definition) is 5. The van der Waals surface area contributed by atoms with Crippen molar-refractivity contribution in [2.75, 3.05) is 12.9 Å². The van der Waals surface area contributed by atoms with E-state index in [-0.39, 0.29) is 5.91 Å². The molecule has 1 aliphatic carbocycles. The highest BCUT2D eigenvalue weighted by Gasteiger charge is 2.21. The van der Waals surface area contributed by atoms with Gasteiger partial charge in [-0.1, -0.05) is 56.7 Å². The lowest BCUT2D eigenvalue weighted by Crippen LogP contribution is -2.33. The molecule has 1 amide bonds. The SMILES string of the molecule is COc1ccc(-c2nnc(SCC(=O)NC3CCCC3)n2-c2ccccc2C(C)C)cc1. The van der Waals surface area contributed by atoms with Crippen LogP contribution in [0.2, 0.25) is 0 Å². The van der Waals surface area contributed by atoms with Gasteiger partial charge < -0.3 is 10.1 Å². The number of methoxy groups -OCH3 is 1. The molecular weight excluding hydrogens is 420 g/mol. The standard InChI is InChI=1S/C25H30N4O2S/c1-17(2)21-10-6-7-11-22(21)29-24(18-12-14-20(31-3)15-13-18)27-28-25(29)32-16-23(30)26-19-8-4-5-9-19/h6-7,10-15,17,19H,4-5,8-9,16H2,1-3H3,(H,26,30). The minimum atomic E-state index is 0.0552. The number of carbonyl (C=O) groups excluding carboxylic acids is 1. The van der Waals surface area contributed by atoms with Gasteiger partial charge in [-0.25, -0.2) is 0 Å². The number of rotatable bonds is 8. The lowest BCUT2D eigenvalue weighted by atomic mass is 10.0. The topological polar surface area (TPSA) is 69.0 Å². The van der Waals surface area contributed by atoms with Crippen molar-refractivity contribution >= 4 is 17.7 Å². The van der Waals surface area contributed by atoms with E-state index < -0.39 is 0 Å². The summed E-state index contributed by atoms with van der Waals surface area (Å²) < 4.78 is 7.38. The van der Waals surface area contributed by atoms with Crippen molar-refractivity contribution in [2.45, 2.75) is 56.6 Å². The van der Waals surface area contributed by atoms with E-state index in [0.717, 1.165) is 35.7 Å². The number of thioether (sulfide) groups is 1. The number of carbonyl (C=O) groups is 1.